The molecule has 0 amide bonds. The Labute approximate surface area is 139 Å². The van der Waals surface area contributed by atoms with Gasteiger partial charge < -0.3 is 10.2 Å². The van der Waals surface area contributed by atoms with Crippen LogP contribution in [-0.2, 0) is 0 Å². The molecule has 0 heterocycles. The van der Waals surface area contributed by atoms with Gasteiger partial charge in [0.25, 0.3) is 0 Å². The molecule has 0 aliphatic carbocycles. The van der Waals surface area contributed by atoms with E-state index in [0.717, 1.165) is 22.3 Å². The fraction of sp³-hybridized carbons (Fsp3) is 0.200. The summed E-state index contributed by atoms with van der Waals surface area (Å²) in [6, 6.07) is 11.5. The maximum atomic E-state index is 9.77. The monoisotopic (exact) mass is 324 g/mol. The number of aromatic hydroxyl groups is 2. The van der Waals surface area contributed by atoms with Crippen molar-refractivity contribution in [3.05, 3.63) is 70.1 Å². The van der Waals surface area contributed by atoms with Crippen molar-refractivity contribution in [1.82, 2.24) is 0 Å². The van der Waals surface area contributed by atoms with Crippen LogP contribution in [0.4, 0.5) is 0 Å². The molecular formula is C20H24O2Si. The van der Waals surface area contributed by atoms with Crippen molar-refractivity contribution < 1.29 is 10.2 Å². The number of benzene rings is 2. The Hall–Kier alpha value is -2.26. The van der Waals surface area contributed by atoms with Crippen molar-refractivity contribution in [2.45, 2.75) is 26.9 Å². The average molecular weight is 324 g/mol. The van der Waals surface area contributed by atoms with Gasteiger partial charge in [-0.15, -0.1) is 0 Å². The summed E-state index contributed by atoms with van der Waals surface area (Å²) in [4.78, 5) is 0. The number of aryl methyl sites for hydroxylation is 2. The zero-order chi connectivity index (χ0) is 17.0. The number of rotatable bonds is 4. The molecule has 0 fully saturated rings. The van der Waals surface area contributed by atoms with Crippen LogP contribution in [0.25, 0.3) is 12.2 Å². The molecule has 0 aliphatic heterocycles. The molecule has 0 radical (unpaired) electrons. The van der Waals surface area contributed by atoms with E-state index in [4.69, 9.17) is 0 Å². The molecule has 23 heavy (non-hydrogen) atoms. The first-order valence-corrected chi connectivity index (χ1v) is 10.9. The number of phenolic OH excluding ortho intramolecular Hbond substituents is 2. The molecule has 2 nitrogen and oxygen atoms in total. The molecule has 0 saturated heterocycles. The predicted octanol–water partition coefficient (Wildman–Crippen LogP) is 5.23. The first-order valence-electron chi connectivity index (χ1n) is 7.74. The summed E-state index contributed by atoms with van der Waals surface area (Å²) in [5.74, 6) is 0.662. The minimum Gasteiger partial charge on any atom is -0.508 e. The topological polar surface area (TPSA) is 40.5 Å². The summed E-state index contributed by atoms with van der Waals surface area (Å²) in [5.41, 5.74) is 8.27. The second-order valence-electron chi connectivity index (χ2n) is 6.58. The van der Waals surface area contributed by atoms with E-state index in [2.05, 4.69) is 36.6 Å². The highest BCUT2D eigenvalue weighted by Gasteiger charge is 2.12. The fourth-order valence-electron chi connectivity index (χ4n) is 2.14. The Morgan fingerprint density at radius 2 is 1.13 bits per heavy atom. The van der Waals surface area contributed by atoms with Crippen molar-refractivity contribution in [1.29, 1.82) is 0 Å². The van der Waals surface area contributed by atoms with Crippen LogP contribution < -0.4 is 0 Å². The molecule has 3 heteroatoms. The van der Waals surface area contributed by atoms with Gasteiger partial charge in [-0.2, -0.15) is 0 Å². The summed E-state index contributed by atoms with van der Waals surface area (Å²) < 4.78 is 0. The van der Waals surface area contributed by atoms with Crippen LogP contribution >= 0.6 is 0 Å². The minimum atomic E-state index is -1.66. The van der Waals surface area contributed by atoms with Crippen molar-refractivity contribution in [3.8, 4) is 11.5 Å². The van der Waals surface area contributed by atoms with Crippen molar-refractivity contribution >= 4 is 20.2 Å². The molecule has 0 atom stereocenters. The van der Waals surface area contributed by atoms with Crippen LogP contribution in [0.2, 0.25) is 13.1 Å². The normalized spacial score (nSPS) is 12.3. The van der Waals surface area contributed by atoms with Gasteiger partial charge in [0.15, 0.2) is 0 Å². The molecule has 2 aromatic carbocycles. The molecule has 0 saturated carbocycles. The molecule has 2 rings (SSSR count). The Balaban J connectivity index is 2.14. The van der Waals surface area contributed by atoms with Gasteiger partial charge in [0.2, 0.25) is 0 Å². The summed E-state index contributed by atoms with van der Waals surface area (Å²) in [6.07, 6.45) is 4.14. The highest BCUT2D eigenvalue weighted by molar-refractivity contribution is 6.87. The lowest BCUT2D eigenvalue weighted by Crippen LogP contribution is -2.18. The van der Waals surface area contributed by atoms with Gasteiger partial charge >= 0.3 is 0 Å². The lowest BCUT2D eigenvalue weighted by molar-refractivity contribution is 0.470. The first-order chi connectivity index (χ1) is 10.8. The van der Waals surface area contributed by atoms with E-state index in [1.165, 1.54) is 0 Å². The number of phenols is 2. The molecular weight excluding hydrogens is 300 g/mol. The largest absolute Gasteiger partial charge is 0.508 e. The molecule has 0 unspecified atom stereocenters. The number of hydrogen-bond acceptors (Lipinski definition) is 2. The van der Waals surface area contributed by atoms with Crippen molar-refractivity contribution in [3.63, 3.8) is 0 Å². The zero-order valence-corrected chi connectivity index (χ0v) is 15.2. The number of hydrogen-bond donors (Lipinski definition) is 2. The van der Waals surface area contributed by atoms with Gasteiger partial charge in [-0.05, 0) is 48.2 Å². The maximum Gasteiger partial charge on any atom is 0.119 e. The third kappa shape index (κ3) is 4.86. The predicted molar refractivity (Wildman–Crippen MR) is 101 cm³/mol. The van der Waals surface area contributed by atoms with E-state index < -0.39 is 8.07 Å². The Bertz CT molecular complexity index is 695. The smallest absolute Gasteiger partial charge is 0.119 e. The Morgan fingerprint density at radius 1 is 0.739 bits per heavy atom. The summed E-state index contributed by atoms with van der Waals surface area (Å²) in [5, 5.41) is 19.5. The van der Waals surface area contributed by atoms with E-state index in [9.17, 15) is 10.2 Å². The first kappa shape index (κ1) is 17.1. The second kappa shape index (κ2) is 6.88. The van der Waals surface area contributed by atoms with Gasteiger partial charge in [-0.3, -0.25) is 0 Å². The fourth-order valence-corrected chi connectivity index (χ4v) is 3.49. The molecule has 0 aliphatic rings. The summed E-state index contributed by atoms with van der Waals surface area (Å²) >= 11 is 0. The van der Waals surface area contributed by atoms with Gasteiger partial charge in [0.05, 0.1) is 8.07 Å². The van der Waals surface area contributed by atoms with E-state index in [1.807, 2.05) is 38.1 Å². The third-order valence-electron chi connectivity index (χ3n) is 3.88. The zero-order valence-electron chi connectivity index (χ0n) is 14.2. The SMILES string of the molecule is Cc1ccc(C=C[Si](C)(C)C=Cc2ccc(C)c(O)c2)cc1O. The average Bonchev–Trinajstić information content (AvgIpc) is 2.50. The van der Waals surface area contributed by atoms with Gasteiger partial charge in [-0.25, -0.2) is 0 Å². The maximum absolute atomic E-state index is 9.77. The molecule has 0 aromatic heterocycles. The quantitative estimate of drug-likeness (QED) is 0.756. The van der Waals surface area contributed by atoms with Crippen LogP contribution in [0.5, 0.6) is 11.5 Å². The minimum absolute atomic E-state index is 0.331. The van der Waals surface area contributed by atoms with Crippen LogP contribution in [0, 0.1) is 13.8 Å². The van der Waals surface area contributed by atoms with E-state index in [1.54, 1.807) is 12.1 Å². The Morgan fingerprint density at radius 3 is 1.48 bits per heavy atom. The summed E-state index contributed by atoms with van der Waals surface area (Å²) in [7, 11) is -1.66. The van der Waals surface area contributed by atoms with Crippen LogP contribution in [-0.4, -0.2) is 18.3 Å². The van der Waals surface area contributed by atoms with Crippen molar-refractivity contribution in [2.75, 3.05) is 0 Å². The van der Waals surface area contributed by atoms with E-state index in [0.29, 0.717) is 11.5 Å². The molecule has 2 N–H and O–H groups in total. The lowest BCUT2D eigenvalue weighted by Gasteiger charge is -2.12. The molecule has 120 valence electrons. The molecule has 0 bridgehead atoms. The van der Waals surface area contributed by atoms with Gasteiger partial charge in [0.1, 0.15) is 11.5 Å². The van der Waals surface area contributed by atoms with Crippen LogP contribution in [0.1, 0.15) is 22.3 Å². The molecule has 0 spiro atoms. The second-order valence-corrected chi connectivity index (χ2v) is 10.9. The van der Waals surface area contributed by atoms with Crippen LogP contribution in [0.15, 0.2) is 47.8 Å². The van der Waals surface area contributed by atoms with Crippen LogP contribution in [0.3, 0.4) is 0 Å². The lowest BCUT2D eigenvalue weighted by atomic mass is 10.1. The summed E-state index contributed by atoms with van der Waals surface area (Å²) in [6.45, 7) is 8.28. The highest BCUT2D eigenvalue weighted by Crippen LogP contribution is 2.21. The Kier molecular flexibility index (Phi) is 5.11. The van der Waals surface area contributed by atoms with E-state index in [-0.39, 0.29) is 0 Å². The standard InChI is InChI=1S/C20H24O2Si/c1-15-5-7-17(13-19(15)21)9-11-23(3,4)12-10-18-8-6-16(2)20(22)14-18/h5-14,21-22H,1-4H3. The highest BCUT2D eigenvalue weighted by atomic mass is 28.3. The van der Waals surface area contributed by atoms with Gasteiger partial charge in [-0.1, -0.05) is 60.9 Å². The third-order valence-corrected chi connectivity index (χ3v) is 5.93. The van der Waals surface area contributed by atoms with Crippen molar-refractivity contribution in [2.24, 2.45) is 0 Å². The van der Waals surface area contributed by atoms with E-state index >= 15 is 0 Å². The van der Waals surface area contributed by atoms with Gasteiger partial charge in [0, 0.05) is 0 Å². The molecule has 2 aromatic rings.